The summed E-state index contributed by atoms with van der Waals surface area (Å²) >= 11 is 0. The van der Waals surface area contributed by atoms with Crippen molar-refractivity contribution in [2.45, 2.75) is 31.6 Å². The van der Waals surface area contributed by atoms with Crippen LogP contribution in [-0.4, -0.2) is 31.3 Å². The molecule has 1 aromatic rings. The number of carboxylic acids is 1. The van der Waals surface area contributed by atoms with Crippen LogP contribution in [-0.2, 0) is 11.8 Å². The Morgan fingerprint density at radius 3 is 2.53 bits per heavy atom. The monoisotopic (exact) mass is 210 g/mol. The lowest BCUT2D eigenvalue weighted by Gasteiger charge is -2.24. The Morgan fingerprint density at radius 2 is 2.07 bits per heavy atom. The highest BCUT2D eigenvalue weighted by atomic mass is 16.4. The van der Waals surface area contributed by atoms with Crippen LogP contribution in [0.5, 0.6) is 0 Å². The Morgan fingerprint density at radius 1 is 1.40 bits per heavy atom. The van der Waals surface area contributed by atoms with Gasteiger partial charge in [-0.1, -0.05) is 0 Å². The van der Waals surface area contributed by atoms with E-state index >= 15 is 0 Å². The van der Waals surface area contributed by atoms with Gasteiger partial charge >= 0.3 is 5.97 Å². The molecule has 2 rings (SSSR count). The van der Waals surface area contributed by atoms with Crippen molar-refractivity contribution >= 4 is 5.97 Å². The van der Waals surface area contributed by atoms with Crippen LogP contribution >= 0.6 is 0 Å². The van der Waals surface area contributed by atoms with E-state index in [-0.39, 0.29) is 5.92 Å². The molecule has 0 unspecified atom stereocenters. The summed E-state index contributed by atoms with van der Waals surface area (Å²) in [5.41, 5.74) is 0. The highest BCUT2D eigenvalue weighted by Gasteiger charge is 2.28. The molecule has 1 N–H and O–H groups in total. The molecule has 6 nitrogen and oxygen atoms in total. The topological polar surface area (TPSA) is 80.9 Å². The first-order valence-corrected chi connectivity index (χ1v) is 5.13. The van der Waals surface area contributed by atoms with E-state index in [1.54, 1.807) is 4.68 Å². The summed E-state index contributed by atoms with van der Waals surface area (Å²) in [6, 6.07) is 0. The fraction of sp³-hybridized carbons (Fsp3) is 0.778. The highest BCUT2D eigenvalue weighted by Crippen LogP contribution is 2.34. The van der Waals surface area contributed by atoms with Crippen LogP contribution in [0, 0.1) is 5.92 Å². The van der Waals surface area contributed by atoms with Gasteiger partial charge in [0.05, 0.1) is 5.92 Å². The number of aromatic nitrogens is 4. The maximum Gasteiger partial charge on any atom is 0.306 e. The molecule has 82 valence electrons. The number of rotatable bonds is 2. The van der Waals surface area contributed by atoms with Crippen molar-refractivity contribution in [1.29, 1.82) is 0 Å². The number of hydrogen-bond donors (Lipinski definition) is 1. The molecule has 1 heterocycles. The Balaban J connectivity index is 2.00. The van der Waals surface area contributed by atoms with Crippen LogP contribution < -0.4 is 0 Å². The lowest BCUT2D eigenvalue weighted by molar-refractivity contribution is -0.142. The van der Waals surface area contributed by atoms with Gasteiger partial charge in [-0.3, -0.25) is 4.79 Å². The summed E-state index contributed by atoms with van der Waals surface area (Å²) in [5.74, 6) is 0.339. The molecule has 1 aliphatic carbocycles. The number of aliphatic carboxylic acids is 1. The largest absolute Gasteiger partial charge is 0.481 e. The molecular weight excluding hydrogens is 196 g/mol. The molecule has 0 atom stereocenters. The third kappa shape index (κ3) is 1.98. The molecule has 0 bridgehead atoms. The van der Waals surface area contributed by atoms with Crippen LogP contribution in [0.3, 0.4) is 0 Å². The minimum absolute atomic E-state index is 0.178. The van der Waals surface area contributed by atoms with Crippen molar-refractivity contribution in [3.8, 4) is 0 Å². The third-order valence-electron chi connectivity index (χ3n) is 3.09. The zero-order chi connectivity index (χ0) is 10.8. The van der Waals surface area contributed by atoms with Crippen LogP contribution in [0.2, 0.25) is 0 Å². The van der Waals surface area contributed by atoms with Crippen LogP contribution in [0.15, 0.2) is 0 Å². The van der Waals surface area contributed by atoms with E-state index in [9.17, 15) is 4.79 Å². The van der Waals surface area contributed by atoms with Gasteiger partial charge in [0.15, 0.2) is 5.82 Å². The minimum Gasteiger partial charge on any atom is -0.481 e. The summed E-state index contributed by atoms with van der Waals surface area (Å²) in [5, 5.41) is 20.2. The van der Waals surface area contributed by atoms with Gasteiger partial charge in [-0.25, -0.2) is 4.68 Å². The normalized spacial score (nSPS) is 26.5. The standard InChI is InChI=1S/C9H14N4O2/c1-13-8(10-11-12-13)6-2-4-7(5-3-6)9(14)15/h6-7H,2-5H2,1H3,(H,14,15)/t6-,7-. The maximum atomic E-state index is 10.8. The molecule has 1 aromatic heterocycles. The fourth-order valence-electron chi connectivity index (χ4n) is 2.18. The zero-order valence-electron chi connectivity index (χ0n) is 8.63. The second kappa shape index (κ2) is 3.96. The van der Waals surface area contributed by atoms with Gasteiger partial charge < -0.3 is 5.11 Å². The van der Waals surface area contributed by atoms with Crippen LogP contribution in [0.25, 0.3) is 0 Å². The lowest BCUT2D eigenvalue weighted by atomic mass is 9.82. The maximum absolute atomic E-state index is 10.8. The van der Waals surface area contributed by atoms with Gasteiger partial charge in [0, 0.05) is 13.0 Å². The van der Waals surface area contributed by atoms with E-state index in [1.807, 2.05) is 7.05 Å². The van der Waals surface area contributed by atoms with Crippen molar-refractivity contribution in [2.75, 3.05) is 0 Å². The molecule has 0 amide bonds. The summed E-state index contributed by atoms with van der Waals surface area (Å²) in [7, 11) is 1.82. The van der Waals surface area contributed by atoms with E-state index in [2.05, 4.69) is 15.5 Å². The lowest BCUT2D eigenvalue weighted by Crippen LogP contribution is -2.22. The van der Waals surface area contributed by atoms with Gasteiger partial charge in [0.2, 0.25) is 0 Å². The smallest absolute Gasteiger partial charge is 0.306 e. The number of aryl methyl sites for hydroxylation is 1. The molecule has 1 aliphatic rings. The van der Waals surface area contributed by atoms with Crippen molar-refractivity contribution in [3.63, 3.8) is 0 Å². The summed E-state index contributed by atoms with van der Waals surface area (Å²) in [6.07, 6.45) is 3.19. The Hall–Kier alpha value is -1.46. The molecule has 0 aromatic carbocycles. The predicted octanol–water partition coefficient (Wildman–Crippen LogP) is 0.568. The number of carbonyl (C=O) groups is 1. The SMILES string of the molecule is Cn1nnnc1[C@H]1CC[C@H](C(=O)O)CC1. The van der Waals surface area contributed by atoms with E-state index in [4.69, 9.17) is 5.11 Å². The average Bonchev–Trinajstić information content (AvgIpc) is 2.65. The molecular formula is C9H14N4O2. The molecule has 15 heavy (non-hydrogen) atoms. The van der Waals surface area contributed by atoms with Crippen molar-refractivity contribution in [3.05, 3.63) is 5.82 Å². The number of tetrazole rings is 1. The quantitative estimate of drug-likeness (QED) is 0.771. The Labute approximate surface area is 87.3 Å². The number of carboxylic acid groups (broad SMARTS) is 1. The average molecular weight is 210 g/mol. The number of hydrogen-bond acceptors (Lipinski definition) is 4. The van der Waals surface area contributed by atoms with E-state index in [0.717, 1.165) is 31.5 Å². The van der Waals surface area contributed by atoms with Crippen molar-refractivity contribution in [1.82, 2.24) is 20.2 Å². The Kier molecular flexibility index (Phi) is 2.66. The summed E-state index contributed by atoms with van der Waals surface area (Å²) < 4.78 is 1.67. The summed E-state index contributed by atoms with van der Waals surface area (Å²) in [6.45, 7) is 0. The molecule has 0 radical (unpaired) electrons. The van der Waals surface area contributed by atoms with E-state index in [0.29, 0.717) is 5.92 Å². The van der Waals surface area contributed by atoms with Gasteiger partial charge in [0.25, 0.3) is 0 Å². The molecule has 1 saturated carbocycles. The third-order valence-corrected chi connectivity index (χ3v) is 3.09. The van der Waals surface area contributed by atoms with Gasteiger partial charge in [-0.2, -0.15) is 0 Å². The summed E-state index contributed by atoms with van der Waals surface area (Å²) in [4.78, 5) is 10.8. The number of nitrogens with zero attached hydrogens (tertiary/aromatic N) is 4. The Bertz CT molecular complexity index is 355. The molecule has 1 fully saturated rings. The van der Waals surface area contributed by atoms with Gasteiger partial charge in [0.1, 0.15) is 0 Å². The first-order valence-electron chi connectivity index (χ1n) is 5.13. The van der Waals surface area contributed by atoms with E-state index in [1.165, 1.54) is 0 Å². The minimum atomic E-state index is -0.676. The predicted molar refractivity (Wildman–Crippen MR) is 51.1 cm³/mol. The highest BCUT2D eigenvalue weighted by molar-refractivity contribution is 5.70. The first kappa shape index (κ1) is 10.1. The van der Waals surface area contributed by atoms with Crippen LogP contribution in [0.4, 0.5) is 0 Å². The molecule has 6 heteroatoms. The second-order valence-electron chi connectivity index (χ2n) is 4.05. The van der Waals surface area contributed by atoms with E-state index < -0.39 is 5.97 Å². The van der Waals surface area contributed by atoms with Crippen LogP contribution in [0.1, 0.15) is 37.4 Å². The molecule has 0 saturated heterocycles. The first-order chi connectivity index (χ1) is 7.18. The molecule has 0 spiro atoms. The fourth-order valence-corrected chi connectivity index (χ4v) is 2.18. The van der Waals surface area contributed by atoms with Gasteiger partial charge in [-0.15, -0.1) is 5.10 Å². The van der Waals surface area contributed by atoms with Crippen molar-refractivity contribution < 1.29 is 9.90 Å². The second-order valence-corrected chi connectivity index (χ2v) is 4.05. The van der Waals surface area contributed by atoms with Crippen molar-refractivity contribution in [2.24, 2.45) is 13.0 Å². The van der Waals surface area contributed by atoms with Gasteiger partial charge in [-0.05, 0) is 36.1 Å². The zero-order valence-corrected chi connectivity index (χ0v) is 8.63. The molecule has 0 aliphatic heterocycles.